The smallest absolute Gasteiger partial charge is 0.243 e. The van der Waals surface area contributed by atoms with Gasteiger partial charge in [-0.05, 0) is 44.1 Å². The van der Waals surface area contributed by atoms with Crippen molar-refractivity contribution in [2.24, 2.45) is 11.8 Å². The van der Waals surface area contributed by atoms with Gasteiger partial charge in [0, 0.05) is 6.54 Å². The first-order valence-electron chi connectivity index (χ1n) is 6.80. The zero-order chi connectivity index (χ0) is 13.4. The topological polar surface area (TPSA) is 38.3 Å². The Bertz CT molecular complexity index is 291. The molecule has 0 spiro atoms. The van der Waals surface area contributed by atoms with E-state index in [-0.39, 0.29) is 12.0 Å². The summed E-state index contributed by atoms with van der Waals surface area (Å²) in [6.45, 7) is 8.92. The van der Waals surface area contributed by atoms with E-state index >= 15 is 0 Å². The highest BCUT2D eigenvalue weighted by Crippen LogP contribution is 2.29. The van der Waals surface area contributed by atoms with Gasteiger partial charge in [-0.25, -0.2) is 0 Å². The van der Waals surface area contributed by atoms with Crippen molar-refractivity contribution in [1.29, 1.82) is 0 Å². The minimum absolute atomic E-state index is 0.142. The van der Waals surface area contributed by atoms with E-state index in [1.54, 1.807) is 0 Å². The molecule has 1 aliphatic rings. The highest BCUT2D eigenvalue weighted by molar-refractivity contribution is 5.86. The van der Waals surface area contributed by atoms with E-state index in [9.17, 15) is 4.79 Å². The molecule has 2 unspecified atom stereocenters. The number of ether oxygens (including phenoxy) is 1. The van der Waals surface area contributed by atoms with Crippen LogP contribution in [0.4, 0.5) is 0 Å². The standard InChI is InChI=1S/C15H25NO2/c1-4-15(17)16-9-10-18-13(3)11-12(2)14-7-5-6-8-14/h4-6,12-14H,1,7-11H2,2-3H3,(H,16,17). The molecule has 0 saturated heterocycles. The molecule has 3 nitrogen and oxygen atoms in total. The van der Waals surface area contributed by atoms with Crippen LogP contribution in [0.15, 0.2) is 24.8 Å². The van der Waals surface area contributed by atoms with E-state index in [0.717, 1.165) is 12.3 Å². The van der Waals surface area contributed by atoms with Crippen molar-refractivity contribution in [2.75, 3.05) is 13.2 Å². The van der Waals surface area contributed by atoms with Crippen molar-refractivity contribution in [3.05, 3.63) is 24.8 Å². The summed E-state index contributed by atoms with van der Waals surface area (Å²) in [5.41, 5.74) is 0. The third-order valence-corrected chi connectivity index (χ3v) is 3.54. The van der Waals surface area contributed by atoms with Gasteiger partial charge < -0.3 is 10.1 Å². The molecule has 0 aliphatic heterocycles. The average molecular weight is 251 g/mol. The third-order valence-electron chi connectivity index (χ3n) is 3.54. The molecule has 0 radical (unpaired) electrons. The van der Waals surface area contributed by atoms with Crippen LogP contribution < -0.4 is 5.32 Å². The molecule has 0 fully saturated rings. The molecular weight excluding hydrogens is 226 g/mol. The lowest BCUT2D eigenvalue weighted by Gasteiger charge is -2.22. The SMILES string of the molecule is C=CC(=O)NCCOC(C)CC(C)C1CC=CC1. The molecule has 1 amide bonds. The largest absolute Gasteiger partial charge is 0.377 e. The second-order valence-electron chi connectivity index (χ2n) is 5.09. The van der Waals surface area contributed by atoms with E-state index in [4.69, 9.17) is 4.74 Å². The summed E-state index contributed by atoms with van der Waals surface area (Å²) in [5.74, 6) is 1.34. The number of rotatable bonds is 8. The van der Waals surface area contributed by atoms with Gasteiger partial charge in [-0.1, -0.05) is 25.7 Å². The molecule has 1 aliphatic carbocycles. The lowest BCUT2D eigenvalue weighted by molar-refractivity contribution is -0.116. The normalized spacial score (nSPS) is 18.6. The monoisotopic (exact) mass is 251 g/mol. The maximum atomic E-state index is 10.9. The number of hydrogen-bond acceptors (Lipinski definition) is 2. The first kappa shape index (κ1) is 15.0. The molecule has 3 heteroatoms. The van der Waals surface area contributed by atoms with Crippen LogP contribution >= 0.6 is 0 Å². The molecule has 0 bridgehead atoms. The summed E-state index contributed by atoms with van der Waals surface area (Å²) in [5, 5.41) is 2.70. The van der Waals surface area contributed by atoms with E-state index in [1.807, 2.05) is 0 Å². The molecule has 18 heavy (non-hydrogen) atoms. The fourth-order valence-corrected chi connectivity index (χ4v) is 2.39. The van der Waals surface area contributed by atoms with Crippen molar-refractivity contribution in [3.8, 4) is 0 Å². The Morgan fingerprint density at radius 2 is 2.17 bits per heavy atom. The van der Waals surface area contributed by atoms with Crippen LogP contribution in [-0.2, 0) is 9.53 Å². The lowest BCUT2D eigenvalue weighted by Crippen LogP contribution is -2.27. The molecule has 0 aromatic heterocycles. The van der Waals surface area contributed by atoms with Crippen LogP contribution in [0.25, 0.3) is 0 Å². The van der Waals surface area contributed by atoms with Gasteiger partial charge in [0.15, 0.2) is 0 Å². The summed E-state index contributed by atoms with van der Waals surface area (Å²) in [7, 11) is 0. The quantitative estimate of drug-likeness (QED) is 0.409. The van der Waals surface area contributed by atoms with Crippen LogP contribution in [0.2, 0.25) is 0 Å². The van der Waals surface area contributed by atoms with E-state index in [0.29, 0.717) is 19.1 Å². The Morgan fingerprint density at radius 1 is 1.50 bits per heavy atom. The van der Waals surface area contributed by atoms with Crippen molar-refractivity contribution in [1.82, 2.24) is 5.32 Å². The fraction of sp³-hybridized carbons (Fsp3) is 0.667. The minimum atomic E-state index is -0.142. The number of amides is 1. The molecule has 0 saturated carbocycles. The van der Waals surface area contributed by atoms with Crippen molar-refractivity contribution in [2.45, 2.75) is 39.2 Å². The third kappa shape index (κ3) is 5.50. The van der Waals surface area contributed by atoms with Crippen LogP contribution in [0.1, 0.15) is 33.1 Å². The predicted octanol–water partition coefficient (Wildman–Crippen LogP) is 2.69. The Labute approximate surface area is 110 Å². The van der Waals surface area contributed by atoms with E-state index in [2.05, 4.69) is 37.9 Å². The van der Waals surface area contributed by atoms with Crippen molar-refractivity contribution >= 4 is 5.91 Å². The number of carbonyl (C=O) groups is 1. The highest BCUT2D eigenvalue weighted by atomic mass is 16.5. The number of allylic oxidation sites excluding steroid dienone is 2. The summed E-state index contributed by atoms with van der Waals surface area (Å²) < 4.78 is 5.70. The minimum Gasteiger partial charge on any atom is -0.377 e. The molecule has 102 valence electrons. The fourth-order valence-electron chi connectivity index (χ4n) is 2.39. The van der Waals surface area contributed by atoms with E-state index in [1.165, 1.54) is 18.9 Å². The molecule has 1 N–H and O–H groups in total. The van der Waals surface area contributed by atoms with Crippen LogP contribution in [0, 0.1) is 11.8 Å². The van der Waals surface area contributed by atoms with E-state index < -0.39 is 0 Å². The van der Waals surface area contributed by atoms with Crippen molar-refractivity contribution < 1.29 is 9.53 Å². The van der Waals surface area contributed by atoms with Gasteiger partial charge in [-0.2, -0.15) is 0 Å². The molecular formula is C15H25NO2. The average Bonchev–Trinajstić information content (AvgIpc) is 2.88. The van der Waals surface area contributed by atoms with Crippen LogP contribution in [0.5, 0.6) is 0 Å². The van der Waals surface area contributed by atoms with Gasteiger partial charge in [0.25, 0.3) is 0 Å². The Balaban J connectivity index is 2.07. The Kier molecular flexibility index (Phi) is 6.73. The first-order chi connectivity index (χ1) is 8.63. The number of carbonyl (C=O) groups excluding carboxylic acids is 1. The molecule has 1 rings (SSSR count). The molecule has 0 aromatic rings. The number of hydrogen-bond donors (Lipinski definition) is 1. The summed E-state index contributed by atoms with van der Waals surface area (Å²) in [6.07, 6.45) is 9.59. The zero-order valence-corrected chi connectivity index (χ0v) is 11.5. The van der Waals surface area contributed by atoms with Gasteiger partial charge >= 0.3 is 0 Å². The second kappa shape index (κ2) is 8.09. The summed E-state index contributed by atoms with van der Waals surface area (Å²) in [4.78, 5) is 10.9. The molecule has 0 heterocycles. The maximum Gasteiger partial charge on any atom is 0.243 e. The van der Waals surface area contributed by atoms with Crippen LogP contribution in [0.3, 0.4) is 0 Å². The highest BCUT2D eigenvalue weighted by Gasteiger charge is 2.20. The zero-order valence-electron chi connectivity index (χ0n) is 11.5. The Hall–Kier alpha value is -1.09. The van der Waals surface area contributed by atoms with Gasteiger partial charge in [-0.3, -0.25) is 4.79 Å². The van der Waals surface area contributed by atoms with Gasteiger partial charge in [0.1, 0.15) is 0 Å². The maximum absolute atomic E-state index is 10.9. The first-order valence-corrected chi connectivity index (χ1v) is 6.80. The molecule has 0 aromatic carbocycles. The second-order valence-corrected chi connectivity index (χ2v) is 5.09. The van der Waals surface area contributed by atoms with Gasteiger partial charge in [-0.15, -0.1) is 0 Å². The van der Waals surface area contributed by atoms with Crippen molar-refractivity contribution in [3.63, 3.8) is 0 Å². The summed E-state index contributed by atoms with van der Waals surface area (Å²) in [6, 6.07) is 0. The van der Waals surface area contributed by atoms with Crippen LogP contribution in [-0.4, -0.2) is 25.2 Å². The predicted molar refractivity (Wildman–Crippen MR) is 74.3 cm³/mol. The van der Waals surface area contributed by atoms with Gasteiger partial charge in [0.2, 0.25) is 5.91 Å². The summed E-state index contributed by atoms with van der Waals surface area (Å²) >= 11 is 0. The Morgan fingerprint density at radius 3 is 2.78 bits per heavy atom. The molecule has 2 atom stereocenters. The number of nitrogens with one attached hydrogen (secondary N) is 1. The lowest BCUT2D eigenvalue weighted by atomic mass is 9.88. The van der Waals surface area contributed by atoms with Gasteiger partial charge in [0.05, 0.1) is 12.7 Å².